The molecule has 2 unspecified atom stereocenters. The van der Waals surface area contributed by atoms with Gasteiger partial charge in [0.1, 0.15) is 6.04 Å². The second-order valence-corrected chi connectivity index (χ2v) is 11.1. The molecule has 1 amide bonds. The van der Waals surface area contributed by atoms with Crippen LogP contribution in [-0.2, 0) is 21.2 Å². The Hall–Kier alpha value is -2.29. The van der Waals surface area contributed by atoms with Gasteiger partial charge in [-0.05, 0) is 67.5 Å². The van der Waals surface area contributed by atoms with Crippen LogP contribution in [0.3, 0.4) is 0 Å². The monoisotopic (exact) mass is 508 g/mol. The molecule has 3 rings (SSSR count). The summed E-state index contributed by atoms with van der Waals surface area (Å²) in [7, 11) is -1.84. The van der Waals surface area contributed by atoms with Crippen LogP contribution in [0, 0.1) is 5.92 Å². The first-order chi connectivity index (χ1) is 16.2. The first kappa shape index (κ1) is 26.3. The van der Waals surface area contributed by atoms with Crippen molar-refractivity contribution in [2.45, 2.75) is 45.1 Å². The second kappa shape index (κ2) is 11.9. The van der Waals surface area contributed by atoms with Gasteiger partial charge in [0.2, 0.25) is 15.9 Å². The van der Waals surface area contributed by atoms with Crippen LogP contribution in [0.1, 0.15) is 43.7 Å². The normalized spacial score (nSPS) is 15.4. The largest absolute Gasteiger partial charge is 0.493 e. The van der Waals surface area contributed by atoms with Crippen LogP contribution in [0.4, 0.5) is 0 Å². The molecule has 0 aromatic heterocycles. The highest BCUT2D eigenvalue weighted by Gasteiger charge is 2.38. The maximum absolute atomic E-state index is 12.6. The lowest BCUT2D eigenvalue weighted by Gasteiger charge is -2.18. The van der Waals surface area contributed by atoms with Crippen LogP contribution in [-0.4, -0.2) is 46.4 Å². The average Bonchev–Trinajstić information content (AvgIpc) is 3.67. The fraction of sp³-hybridized carbons (Fsp3) is 0.480. The summed E-state index contributed by atoms with van der Waals surface area (Å²) < 4.78 is 37.9. The van der Waals surface area contributed by atoms with Gasteiger partial charge in [0.15, 0.2) is 11.5 Å². The fourth-order valence-corrected chi connectivity index (χ4v) is 4.58. The van der Waals surface area contributed by atoms with Crippen molar-refractivity contribution in [3.63, 3.8) is 0 Å². The fourth-order valence-electron chi connectivity index (χ4n) is 3.60. The van der Waals surface area contributed by atoms with Gasteiger partial charge in [-0.2, -0.15) is 0 Å². The van der Waals surface area contributed by atoms with Crippen molar-refractivity contribution in [2.24, 2.45) is 5.92 Å². The number of sulfonamides is 1. The van der Waals surface area contributed by atoms with Crippen molar-refractivity contribution in [1.29, 1.82) is 0 Å². The van der Waals surface area contributed by atoms with Gasteiger partial charge in [-0.15, -0.1) is 0 Å². The summed E-state index contributed by atoms with van der Waals surface area (Å²) in [4.78, 5) is 12.6. The molecule has 2 aromatic rings. The molecule has 1 fully saturated rings. The SMILES string of the molecule is CCS(=O)(=O)NC(C(=O)NCCc1ccc(OCC(C)c2ccc(Cl)cc2)c(OC)c1)C1CC1. The molecule has 186 valence electrons. The minimum Gasteiger partial charge on any atom is -0.493 e. The molecular formula is C25H33ClN2O5S. The van der Waals surface area contributed by atoms with E-state index in [1.807, 2.05) is 42.5 Å². The number of amides is 1. The van der Waals surface area contributed by atoms with E-state index < -0.39 is 16.1 Å². The predicted octanol–water partition coefficient (Wildman–Crippen LogP) is 3.91. The van der Waals surface area contributed by atoms with E-state index in [1.54, 1.807) is 14.0 Å². The van der Waals surface area contributed by atoms with Crippen LogP contribution in [0.5, 0.6) is 11.5 Å². The summed E-state index contributed by atoms with van der Waals surface area (Å²) in [5.41, 5.74) is 2.12. The van der Waals surface area contributed by atoms with Crippen molar-refractivity contribution < 1.29 is 22.7 Å². The summed E-state index contributed by atoms with van der Waals surface area (Å²) in [5.74, 6) is 1.21. The van der Waals surface area contributed by atoms with Gasteiger partial charge in [-0.25, -0.2) is 13.1 Å². The zero-order chi connectivity index (χ0) is 24.7. The number of carbonyl (C=O) groups excluding carboxylic acids is 1. The van der Waals surface area contributed by atoms with Crippen molar-refractivity contribution in [3.8, 4) is 11.5 Å². The summed E-state index contributed by atoms with van der Waals surface area (Å²) in [5, 5.41) is 3.57. The first-order valence-electron chi connectivity index (χ1n) is 11.5. The summed E-state index contributed by atoms with van der Waals surface area (Å²) in [6.07, 6.45) is 2.31. The van der Waals surface area contributed by atoms with E-state index in [4.69, 9.17) is 21.1 Å². The topological polar surface area (TPSA) is 93.7 Å². The Morgan fingerprint density at radius 2 is 1.85 bits per heavy atom. The van der Waals surface area contributed by atoms with Crippen LogP contribution >= 0.6 is 11.6 Å². The lowest BCUT2D eigenvalue weighted by molar-refractivity contribution is -0.123. The van der Waals surface area contributed by atoms with Crippen molar-refractivity contribution >= 4 is 27.5 Å². The Morgan fingerprint density at radius 3 is 2.47 bits per heavy atom. The van der Waals surface area contributed by atoms with Gasteiger partial charge < -0.3 is 14.8 Å². The number of carbonyl (C=O) groups is 1. The summed E-state index contributed by atoms with van der Waals surface area (Å²) in [6, 6.07) is 12.7. The molecule has 7 nitrogen and oxygen atoms in total. The highest BCUT2D eigenvalue weighted by atomic mass is 35.5. The van der Waals surface area contributed by atoms with Crippen LogP contribution in [0.2, 0.25) is 5.02 Å². The van der Waals surface area contributed by atoms with Crippen molar-refractivity contribution in [3.05, 3.63) is 58.6 Å². The van der Waals surface area contributed by atoms with Crippen LogP contribution < -0.4 is 19.5 Å². The van der Waals surface area contributed by atoms with Crippen LogP contribution in [0.25, 0.3) is 0 Å². The molecule has 2 atom stereocenters. The summed E-state index contributed by atoms with van der Waals surface area (Å²) >= 11 is 5.96. The average molecular weight is 509 g/mol. The Balaban J connectivity index is 1.52. The Bertz CT molecular complexity index is 1070. The molecule has 0 radical (unpaired) electrons. The number of hydrogen-bond donors (Lipinski definition) is 2. The van der Waals surface area contributed by atoms with Gasteiger partial charge in [0, 0.05) is 17.5 Å². The molecule has 0 spiro atoms. The third-order valence-electron chi connectivity index (χ3n) is 5.93. The lowest BCUT2D eigenvalue weighted by Crippen LogP contribution is -2.48. The van der Waals surface area contributed by atoms with E-state index >= 15 is 0 Å². The zero-order valence-electron chi connectivity index (χ0n) is 19.8. The number of nitrogens with one attached hydrogen (secondary N) is 2. The van der Waals surface area contributed by atoms with Crippen LogP contribution in [0.15, 0.2) is 42.5 Å². The molecule has 0 saturated heterocycles. The Morgan fingerprint density at radius 1 is 1.15 bits per heavy atom. The number of methoxy groups -OCH3 is 1. The van der Waals surface area contributed by atoms with Crippen molar-refractivity contribution in [1.82, 2.24) is 10.0 Å². The predicted molar refractivity (Wildman–Crippen MR) is 134 cm³/mol. The third-order valence-corrected chi connectivity index (χ3v) is 7.56. The molecule has 2 aromatic carbocycles. The molecule has 0 bridgehead atoms. The molecule has 1 aliphatic carbocycles. The maximum Gasteiger partial charge on any atom is 0.238 e. The van der Waals surface area contributed by atoms with E-state index in [2.05, 4.69) is 17.0 Å². The third kappa shape index (κ3) is 7.61. The van der Waals surface area contributed by atoms with Crippen molar-refractivity contribution in [2.75, 3.05) is 26.0 Å². The van der Waals surface area contributed by atoms with Gasteiger partial charge >= 0.3 is 0 Å². The van der Waals surface area contributed by atoms with Gasteiger partial charge in [-0.1, -0.05) is 36.7 Å². The lowest BCUT2D eigenvalue weighted by atomic mass is 10.0. The molecule has 0 heterocycles. The van der Waals surface area contributed by atoms with Gasteiger partial charge in [-0.3, -0.25) is 4.79 Å². The highest BCUT2D eigenvalue weighted by Crippen LogP contribution is 2.33. The van der Waals surface area contributed by atoms with E-state index in [1.165, 1.54) is 0 Å². The molecule has 9 heteroatoms. The number of ether oxygens (including phenoxy) is 2. The zero-order valence-corrected chi connectivity index (χ0v) is 21.4. The minimum atomic E-state index is -3.44. The molecule has 1 aliphatic rings. The van der Waals surface area contributed by atoms with E-state index in [9.17, 15) is 13.2 Å². The Labute approximate surface area is 207 Å². The highest BCUT2D eigenvalue weighted by molar-refractivity contribution is 7.89. The van der Waals surface area contributed by atoms with Gasteiger partial charge in [0.05, 0.1) is 19.5 Å². The van der Waals surface area contributed by atoms with Gasteiger partial charge in [0.25, 0.3) is 0 Å². The number of hydrogen-bond acceptors (Lipinski definition) is 5. The minimum absolute atomic E-state index is 0.0454. The van der Waals surface area contributed by atoms with E-state index in [0.717, 1.165) is 24.0 Å². The standard InChI is InChI=1S/C25H33ClN2O5S/c1-4-34(30,31)28-24(20-6-7-20)25(29)27-14-13-18-5-12-22(23(15-18)32-3)33-16-17(2)19-8-10-21(26)11-9-19/h5,8-12,15,17,20,24,28H,4,6-7,13-14,16H2,1-3H3,(H,27,29). The van der Waals surface area contributed by atoms with E-state index in [0.29, 0.717) is 36.1 Å². The quantitative estimate of drug-likeness (QED) is 0.428. The summed E-state index contributed by atoms with van der Waals surface area (Å²) in [6.45, 7) is 4.53. The number of halogens is 1. The second-order valence-electron chi connectivity index (χ2n) is 8.63. The molecular weight excluding hydrogens is 476 g/mol. The van der Waals surface area contributed by atoms with E-state index in [-0.39, 0.29) is 23.5 Å². The maximum atomic E-state index is 12.6. The number of benzene rings is 2. The molecule has 0 aliphatic heterocycles. The first-order valence-corrected chi connectivity index (χ1v) is 13.6. The molecule has 34 heavy (non-hydrogen) atoms. The Kier molecular flexibility index (Phi) is 9.22. The molecule has 1 saturated carbocycles. The molecule has 2 N–H and O–H groups in total. The smallest absolute Gasteiger partial charge is 0.238 e. The number of rotatable bonds is 13.